The van der Waals surface area contributed by atoms with Gasteiger partial charge in [0.2, 0.25) is 17.7 Å². The van der Waals surface area contributed by atoms with Gasteiger partial charge in [-0.1, -0.05) is 97.4 Å². The summed E-state index contributed by atoms with van der Waals surface area (Å²) in [5.41, 5.74) is 0.918. The average molecular weight is 1030 g/mol. The number of rotatable bonds is 35. The second-order valence-corrected chi connectivity index (χ2v) is 20.5. The number of ketones is 1. The predicted molar refractivity (Wildman–Crippen MR) is 277 cm³/mol. The number of ether oxygens (including phenoxy) is 5. The Morgan fingerprint density at radius 1 is 0.792 bits per heavy atom. The van der Waals surface area contributed by atoms with Crippen LogP contribution < -0.4 is 0 Å². The Morgan fingerprint density at radius 2 is 1.39 bits per heavy atom. The van der Waals surface area contributed by atoms with Crippen LogP contribution in [0.1, 0.15) is 99.0 Å². The molecule has 18 heteroatoms. The predicted octanol–water partition coefficient (Wildman–Crippen LogP) is 5.69. The maximum Gasteiger partial charge on any atom is 0.307 e. The molecule has 1 aromatic carbocycles. The van der Waals surface area contributed by atoms with Gasteiger partial charge in [-0.15, -0.1) is 0 Å². The highest BCUT2D eigenvalue weighted by Gasteiger charge is 2.43. The number of Topliss-reactive ketones (excluding diaryl/α,β-unsaturated/α-hetero) is 1. The van der Waals surface area contributed by atoms with Gasteiger partial charge in [0, 0.05) is 65.3 Å². The molecule has 0 aromatic heterocycles. The molecular formula is C54H84N4O13S. The van der Waals surface area contributed by atoms with Crippen molar-refractivity contribution in [2.45, 2.75) is 130 Å². The van der Waals surface area contributed by atoms with Gasteiger partial charge in [0.1, 0.15) is 0 Å². The van der Waals surface area contributed by atoms with Crippen LogP contribution in [-0.4, -0.2) is 182 Å². The minimum atomic E-state index is -0.917. The van der Waals surface area contributed by atoms with Crippen LogP contribution in [0.3, 0.4) is 0 Å². The Kier molecular flexibility index (Phi) is 26.9. The lowest BCUT2D eigenvalue weighted by atomic mass is 9.83. The number of likely N-dealkylation sites (N-methyl/N-ethyl adjacent to an activating group) is 2. The zero-order valence-electron chi connectivity index (χ0n) is 44.7. The molecule has 9 atom stereocenters. The number of carboxylic acids is 1. The van der Waals surface area contributed by atoms with E-state index in [2.05, 4.69) is 0 Å². The van der Waals surface area contributed by atoms with Crippen molar-refractivity contribution in [3.63, 3.8) is 0 Å². The first-order chi connectivity index (χ1) is 34.2. The van der Waals surface area contributed by atoms with Crippen molar-refractivity contribution in [3.05, 3.63) is 48.0 Å². The van der Waals surface area contributed by atoms with Crippen molar-refractivity contribution in [1.82, 2.24) is 19.6 Å². The van der Waals surface area contributed by atoms with Crippen LogP contribution in [0, 0.1) is 35.5 Å². The summed E-state index contributed by atoms with van der Waals surface area (Å²) in [7, 11) is 6.47. The van der Waals surface area contributed by atoms with Gasteiger partial charge in [0.15, 0.2) is 5.78 Å². The third-order valence-corrected chi connectivity index (χ3v) is 14.9. The quantitative estimate of drug-likeness (QED) is 0.0494. The van der Waals surface area contributed by atoms with E-state index in [1.807, 2.05) is 83.7 Å². The number of amides is 5. The highest BCUT2D eigenvalue weighted by atomic mass is 32.1. The van der Waals surface area contributed by atoms with Gasteiger partial charge in [-0.3, -0.25) is 38.5 Å². The fourth-order valence-electron chi connectivity index (χ4n) is 10.00. The standard InChI is InChI=1S/C54H84N4O13S/c1-12-37(6)51(44(67-10)34-49(63)57-23-16-19-42(57)52(68-11)38(7)45(72)32-40(54(65)66)31-39-17-14-13-15-18-39)56(9)53(64)41(35(2)3)33-43(59)50(36(4)5)55(8)46(60)22-25-69-27-29-71-30-28-70-26-24-58-47(61)20-21-48(58)62/h13-15,17-18,20-21,35-38,40-42,44,50-52H,12,16,19,22-34H2,1-11H3,(H,65,66)/t37-,38-,40+,41-,42-,44+,50-,51-,52+/m0/s1. The van der Waals surface area contributed by atoms with Gasteiger partial charge in [-0.2, -0.15) is 0 Å². The molecule has 17 nitrogen and oxygen atoms in total. The van der Waals surface area contributed by atoms with Crippen molar-refractivity contribution >= 4 is 58.4 Å². The molecule has 404 valence electrons. The summed E-state index contributed by atoms with van der Waals surface area (Å²) in [6.45, 7) is 15.6. The van der Waals surface area contributed by atoms with Crippen molar-refractivity contribution in [1.29, 1.82) is 0 Å². The summed E-state index contributed by atoms with van der Waals surface area (Å²) in [6, 6.07) is 7.89. The molecule has 1 fully saturated rings. The zero-order chi connectivity index (χ0) is 53.7. The van der Waals surface area contributed by atoms with Crippen molar-refractivity contribution in [3.8, 4) is 0 Å². The van der Waals surface area contributed by atoms with Crippen LogP contribution in [0.5, 0.6) is 0 Å². The van der Waals surface area contributed by atoms with Crippen LogP contribution in [0.4, 0.5) is 0 Å². The fourth-order valence-corrected chi connectivity index (χ4v) is 10.3. The number of methoxy groups -OCH3 is 2. The van der Waals surface area contributed by atoms with Crippen molar-refractivity contribution < 1.29 is 62.4 Å². The smallest absolute Gasteiger partial charge is 0.307 e. The molecule has 5 amide bonds. The SMILES string of the molecule is CC[C@H](C)[C@@H]([C@@H](CC(=O)N1CCC[C@H]1[C@H](OC)[C@@H](C)C(=S)C[C@@H](Cc1ccccc1)C(=O)O)OC)N(C)C(=O)[C@@H](CC(=O)[C@H](C(C)C)N(C)C(=O)CCOCCOCCOCCN1C(=O)C=CC1=O)C(C)C. The van der Waals surface area contributed by atoms with Gasteiger partial charge >= 0.3 is 5.97 Å². The maximum absolute atomic E-state index is 14.7. The number of carbonyl (C=O) groups is 7. The number of aliphatic carboxylic acids is 1. The van der Waals surface area contributed by atoms with Crippen LogP contribution in [-0.2, 0) is 63.7 Å². The van der Waals surface area contributed by atoms with E-state index >= 15 is 0 Å². The van der Waals surface area contributed by atoms with E-state index < -0.39 is 42.1 Å². The van der Waals surface area contributed by atoms with E-state index in [9.17, 15) is 38.7 Å². The average Bonchev–Trinajstić information content (AvgIpc) is 3.96. The van der Waals surface area contributed by atoms with Crippen molar-refractivity contribution in [2.24, 2.45) is 35.5 Å². The van der Waals surface area contributed by atoms with E-state index in [1.54, 1.807) is 33.2 Å². The number of carboxylic acid groups (broad SMARTS) is 1. The summed E-state index contributed by atoms with van der Waals surface area (Å²) in [4.78, 5) is 99.0. The Labute approximate surface area is 433 Å². The Hall–Kier alpha value is -4.46. The lowest BCUT2D eigenvalue weighted by Crippen LogP contribution is -2.54. The molecule has 0 unspecified atom stereocenters. The highest BCUT2D eigenvalue weighted by molar-refractivity contribution is 7.80. The third-order valence-electron chi connectivity index (χ3n) is 14.4. The summed E-state index contributed by atoms with van der Waals surface area (Å²) in [5.74, 6) is -4.76. The summed E-state index contributed by atoms with van der Waals surface area (Å²) in [5, 5.41) is 10.1. The highest BCUT2D eigenvalue weighted by Crippen LogP contribution is 2.32. The molecule has 2 aliphatic rings. The van der Waals surface area contributed by atoms with E-state index in [0.717, 1.165) is 16.9 Å². The van der Waals surface area contributed by atoms with Gasteiger partial charge in [0.05, 0.1) is 95.3 Å². The first kappa shape index (κ1) is 61.8. The molecule has 0 radical (unpaired) electrons. The minimum Gasteiger partial charge on any atom is -0.481 e. The number of imide groups is 1. The van der Waals surface area contributed by atoms with Crippen LogP contribution in [0.2, 0.25) is 0 Å². The summed E-state index contributed by atoms with van der Waals surface area (Å²) >= 11 is 5.89. The van der Waals surface area contributed by atoms with Crippen LogP contribution in [0.15, 0.2) is 42.5 Å². The van der Waals surface area contributed by atoms with E-state index in [4.69, 9.17) is 35.9 Å². The number of carbonyl (C=O) groups excluding carboxylic acids is 6. The zero-order valence-corrected chi connectivity index (χ0v) is 45.6. The topological polar surface area (TPSA) is 199 Å². The van der Waals surface area contributed by atoms with E-state index in [0.29, 0.717) is 30.7 Å². The molecule has 3 rings (SSSR count). The molecule has 0 bridgehead atoms. The fraction of sp³-hybridized carbons (Fsp3) is 0.704. The largest absolute Gasteiger partial charge is 0.481 e. The minimum absolute atomic E-state index is 0.000529. The van der Waals surface area contributed by atoms with E-state index in [1.165, 1.54) is 17.1 Å². The Balaban J connectivity index is 1.60. The number of hydrogen-bond acceptors (Lipinski definition) is 13. The number of benzene rings is 1. The molecule has 0 spiro atoms. The number of likely N-dealkylation sites (tertiary alicyclic amines) is 1. The molecule has 72 heavy (non-hydrogen) atoms. The molecule has 2 aliphatic heterocycles. The second kappa shape index (κ2) is 31.3. The van der Waals surface area contributed by atoms with Gasteiger partial charge in [-0.25, -0.2) is 0 Å². The van der Waals surface area contributed by atoms with Crippen LogP contribution in [0.25, 0.3) is 0 Å². The molecule has 2 heterocycles. The van der Waals surface area contributed by atoms with Gasteiger partial charge in [-0.05, 0) is 53.9 Å². The first-order valence-corrected chi connectivity index (χ1v) is 26.1. The second-order valence-electron chi connectivity index (χ2n) is 19.9. The maximum atomic E-state index is 14.7. The van der Waals surface area contributed by atoms with Gasteiger partial charge in [0.25, 0.3) is 11.8 Å². The number of hydrogen-bond donors (Lipinski definition) is 1. The number of nitrogens with zero attached hydrogens (tertiary/aromatic N) is 4. The monoisotopic (exact) mass is 1030 g/mol. The number of thiocarbonyl (C=S) groups is 1. The lowest BCUT2D eigenvalue weighted by Gasteiger charge is -2.41. The lowest BCUT2D eigenvalue weighted by molar-refractivity contribution is -0.149. The van der Waals surface area contributed by atoms with Gasteiger partial charge < -0.3 is 43.5 Å². The first-order valence-electron chi connectivity index (χ1n) is 25.7. The molecular weight excluding hydrogens is 945 g/mol. The van der Waals surface area contributed by atoms with E-state index in [-0.39, 0.29) is 137 Å². The Morgan fingerprint density at radius 3 is 1.93 bits per heavy atom. The van der Waals surface area contributed by atoms with Crippen molar-refractivity contribution in [2.75, 3.05) is 81.0 Å². The third kappa shape index (κ3) is 18.2. The molecule has 1 aromatic rings. The summed E-state index contributed by atoms with van der Waals surface area (Å²) < 4.78 is 28.8. The molecule has 0 aliphatic carbocycles. The van der Waals surface area contributed by atoms with Crippen LogP contribution >= 0.6 is 12.2 Å². The molecule has 1 N–H and O–H groups in total. The summed E-state index contributed by atoms with van der Waals surface area (Å²) in [6.07, 6.45) is 3.96. The molecule has 1 saturated heterocycles. The Bertz CT molecular complexity index is 1950. The molecule has 0 saturated carbocycles. The normalized spacial score (nSPS) is 18.2.